The maximum atomic E-state index is 12.1. The number of methoxy groups -OCH3 is 1. The van der Waals surface area contributed by atoms with Gasteiger partial charge < -0.3 is 25.6 Å². The number of phenolic OH excluding ortho intramolecular Hbond substituents is 2. The van der Waals surface area contributed by atoms with Gasteiger partial charge in [-0.3, -0.25) is 14.4 Å². The first kappa shape index (κ1) is 21.7. The molecule has 0 fully saturated rings. The Hall–Kier alpha value is -3.55. The number of aromatic hydroxyl groups is 2. The topological polar surface area (TPSA) is 125 Å². The molecule has 0 radical (unpaired) electrons. The van der Waals surface area contributed by atoms with Gasteiger partial charge in [0.2, 0.25) is 5.91 Å². The summed E-state index contributed by atoms with van der Waals surface area (Å²) in [5.41, 5.74) is 1.68. The molecule has 0 aliphatic carbocycles. The molecule has 0 spiro atoms. The lowest BCUT2D eigenvalue weighted by molar-refractivity contribution is -0.140. The van der Waals surface area contributed by atoms with E-state index in [1.807, 2.05) is 6.07 Å². The van der Waals surface area contributed by atoms with Crippen LogP contribution in [-0.4, -0.2) is 41.7 Å². The van der Waals surface area contributed by atoms with Gasteiger partial charge in [-0.25, -0.2) is 0 Å². The fourth-order valence-corrected chi connectivity index (χ4v) is 2.66. The number of hydrogen-bond donors (Lipinski definition) is 4. The van der Waals surface area contributed by atoms with Crippen molar-refractivity contribution in [1.29, 1.82) is 0 Å². The Bertz CT molecular complexity index is 861. The smallest absolute Gasteiger partial charge is 0.305 e. The molecule has 0 unspecified atom stereocenters. The van der Waals surface area contributed by atoms with Crippen molar-refractivity contribution in [2.24, 2.45) is 0 Å². The highest BCUT2D eigenvalue weighted by Crippen LogP contribution is 2.20. The number of ether oxygens (including phenoxy) is 1. The molecule has 0 heterocycles. The zero-order valence-electron chi connectivity index (χ0n) is 16.1. The van der Waals surface area contributed by atoms with Crippen LogP contribution in [0.25, 0.3) is 0 Å². The van der Waals surface area contributed by atoms with Gasteiger partial charge >= 0.3 is 5.97 Å². The number of nitrogens with one attached hydrogen (secondary N) is 2. The van der Waals surface area contributed by atoms with Crippen molar-refractivity contribution >= 4 is 23.5 Å². The monoisotopic (exact) mass is 400 g/mol. The Morgan fingerprint density at radius 2 is 1.72 bits per heavy atom. The van der Waals surface area contributed by atoms with Crippen LogP contribution < -0.4 is 10.6 Å². The lowest BCUT2D eigenvalue weighted by atomic mass is 10.1. The summed E-state index contributed by atoms with van der Waals surface area (Å²) in [6.07, 6.45) is 1.42. The number of carbonyl (C=O) groups is 3. The second-order valence-corrected chi connectivity index (χ2v) is 6.42. The van der Waals surface area contributed by atoms with Crippen LogP contribution >= 0.6 is 0 Å². The van der Waals surface area contributed by atoms with Crippen molar-refractivity contribution in [1.82, 2.24) is 5.32 Å². The van der Waals surface area contributed by atoms with Crippen LogP contribution in [0, 0.1) is 0 Å². The molecule has 0 atom stereocenters. The van der Waals surface area contributed by atoms with Crippen molar-refractivity contribution in [3.8, 4) is 11.5 Å². The first-order chi connectivity index (χ1) is 13.9. The molecular weight excluding hydrogens is 376 g/mol. The second kappa shape index (κ2) is 10.7. The molecule has 0 bridgehead atoms. The zero-order chi connectivity index (χ0) is 21.2. The molecule has 0 saturated carbocycles. The number of esters is 1. The van der Waals surface area contributed by atoms with Crippen LogP contribution in [-0.2, 0) is 20.7 Å². The minimum atomic E-state index is -0.449. The van der Waals surface area contributed by atoms with Crippen molar-refractivity contribution in [2.75, 3.05) is 19.0 Å². The number of benzene rings is 2. The Morgan fingerprint density at radius 3 is 2.41 bits per heavy atom. The van der Waals surface area contributed by atoms with Crippen molar-refractivity contribution in [2.45, 2.75) is 25.7 Å². The zero-order valence-corrected chi connectivity index (χ0v) is 16.1. The third-order valence-electron chi connectivity index (χ3n) is 4.09. The molecule has 8 heteroatoms. The average Bonchev–Trinajstić information content (AvgIpc) is 2.68. The predicted octanol–water partition coefficient (Wildman–Crippen LogP) is 2.35. The van der Waals surface area contributed by atoms with Crippen LogP contribution in [0.3, 0.4) is 0 Å². The summed E-state index contributed by atoms with van der Waals surface area (Å²) in [7, 11) is 1.34. The van der Waals surface area contributed by atoms with Crippen LogP contribution in [0.5, 0.6) is 11.5 Å². The standard InChI is InChI=1S/C21H24N2O6/c1-29-20(27)8-7-14-4-2-5-16(10-14)23-19(26)6-3-9-22-21(28)15-11-17(24)13-18(25)12-15/h2,4-5,10-13,24-25H,3,6-9H2,1H3,(H,22,28)(H,23,26). The Balaban J connectivity index is 1.74. The molecule has 0 aliphatic rings. The van der Waals surface area contributed by atoms with Crippen molar-refractivity contribution < 1.29 is 29.3 Å². The first-order valence-electron chi connectivity index (χ1n) is 9.14. The lowest BCUT2D eigenvalue weighted by Gasteiger charge is -2.08. The Morgan fingerprint density at radius 1 is 1.00 bits per heavy atom. The maximum absolute atomic E-state index is 12.1. The van der Waals surface area contributed by atoms with Crippen LogP contribution in [0.15, 0.2) is 42.5 Å². The van der Waals surface area contributed by atoms with E-state index in [0.717, 1.165) is 11.6 Å². The predicted molar refractivity (Wildman–Crippen MR) is 107 cm³/mol. The third-order valence-corrected chi connectivity index (χ3v) is 4.09. The number of phenols is 2. The van der Waals surface area contributed by atoms with Gasteiger partial charge in [0.05, 0.1) is 7.11 Å². The van der Waals surface area contributed by atoms with Gasteiger partial charge in [0.15, 0.2) is 0 Å². The molecular formula is C21H24N2O6. The van der Waals surface area contributed by atoms with Crippen LogP contribution in [0.1, 0.15) is 35.2 Å². The van der Waals surface area contributed by atoms with E-state index in [9.17, 15) is 24.6 Å². The van der Waals surface area contributed by atoms with Gasteiger partial charge in [-0.15, -0.1) is 0 Å². The highest BCUT2D eigenvalue weighted by atomic mass is 16.5. The van der Waals surface area contributed by atoms with E-state index >= 15 is 0 Å². The van der Waals surface area contributed by atoms with E-state index < -0.39 is 5.91 Å². The quantitative estimate of drug-likeness (QED) is 0.378. The molecule has 29 heavy (non-hydrogen) atoms. The van der Waals surface area contributed by atoms with Gasteiger partial charge in [0.1, 0.15) is 11.5 Å². The highest BCUT2D eigenvalue weighted by molar-refractivity contribution is 5.95. The fraction of sp³-hybridized carbons (Fsp3) is 0.286. The molecule has 2 rings (SSSR count). The van der Waals surface area contributed by atoms with Crippen molar-refractivity contribution in [3.05, 3.63) is 53.6 Å². The summed E-state index contributed by atoms with van der Waals surface area (Å²) in [5, 5.41) is 24.2. The highest BCUT2D eigenvalue weighted by Gasteiger charge is 2.09. The Kier molecular flexibility index (Phi) is 8.02. The molecule has 154 valence electrons. The number of amides is 2. The van der Waals surface area contributed by atoms with Gasteiger partial charge in [-0.2, -0.15) is 0 Å². The van der Waals surface area contributed by atoms with E-state index in [2.05, 4.69) is 15.4 Å². The van der Waals surface area contributed by atoms with Crippen molar-refractivity contribution in [3.63, 3.8) is 0 Å². The van der Waals surface area contributed by atoms with E-state index in [0.29, 0.717) is 18.5 Å². The number of anilines is 1. The summed E-state index contributed by atoms with van der Waals surface area (Å²) in [6, 6.07) is 10.8. The Labute approximate surface area is 168 Å². The number of aryl methyl sites for hydroxylation is 1. The SMILES string of the molecule is COC(=O)CCc1cccc(NC(=O)CCCNC(=O)c2cc(O)cc(O)c2)c1. The van der Waals surface area contributed by atoms with E-state index in [4.69, 9.17) is 0 Å². The largest absolute Gasteiger partial charge is 0.508 e. The molecule has 0 saturated heterocycles. The molecule has 2 amide bonds. The molecule has 4 N–H and O–H groups in total. The summed E-state index contributed by atoms with van der Waals surface area (Å²) in [5.74, 6) is -1.34. The van der Waals surface area contributed by atoms with E-state index in [1.54, 1.807) is 18.2 Å². The second-order valence-electron chi connectivity index (χ2n) is 6.42. The summed E-state index contributed by atoms with van der Waals surface area (Å²) in [6.45, 7) is 0.266. The normalized spacial score (nSPS) is 10.2. The summed E-state index contributed by atoms with van der Waals surface area (Å²) in [4.78, 5) is 35.3. The maximum Gasteiger partial charge on any atom is 0.305 e. The summed E-state index contributed by atoms with van der Waals surface area (Å²) >= 11 is 0. The molecule has 2 aromatic carbocycles. The van der Waals surface area contributed by atoms with Gasteiger partial charge in [0, 0.05) is 36.7 Å². The summed E-state index contributed by atoms with van der Waals surface area (Å²) < 4.78 is 4.61. The third kappa shape index (κ3) is 7.53. The number of hydrogen-bond acceptors (Lipinski definition) is 6. The fourth-order valence-electron chi connectivity index (χ4n) is 2.66. The van der Waals surface area contributed by atoms with Gasteiger partial charge in [-0.1, -0.05) is 12.1 Å². The van der Waals surface area contributed by atoms with Gasteiger partial charge in [0.25, 0.3) is 5.91 Å². The number of rotatable bonds is 9. The lowest BCUT2D eigenvalue weighted by Crippen LogP contribution is -2.25. The van der Waals surface area contributed by atoms with Crippen LogP contribution in [0.2, 0.25) is 0 Å². The molecule has 0 aliphatic heterocycles. The minimum absolute atomic E-state index is 0.135. The van der Waals surface area contributed by atoms with Gasteiger partial charge in [-0.05, 0) is 42.7 Å². The first-order valence-corrected chi connectivity index (χ1v) is 9.14. The van der Waals surface area contributed by atoms with Crippen LogP contribution in [0.4, 0.5) is 5.69 Å². The van der Waals surface area contributed by atoms with E-state index in [-0.39, 0.29) is 48.3 Å². The molecule has 2 aromatic rings. The minimum Gasteiger partial charge on any atom is -0.508 e. The van der Waals surface area contributed by atoms with E-state index in [1.165, 1.54) is 19.2 Å². The molecule has 0 aromatic heterocycles. The average molecular weight is 400 g/mol. The molecule has 8 nitrogen and oxygen atoms in total. The number of carbonyl (C=O) groups excluding carboxylic acids is 3.